The van der Waals surface area contributed by atoms with E-state index in [1.165, 1.54) is 0 Å². The van der Waals surface area contributed by atoms with Gasteiger partial charge in [0.2, 0.25) is 15.8 Å². The zero-order valence-electron chi connectivity index (χ0n) is 14.8. The SMILES string of the molecule is COc1c(F)cc(S(=O)(=O)N2C[C@@H](N)[C@H](c3ccccc3)C2)cc1[N+](=O)[O-].Cl. The van der Waals surface area contributed by atoms with E-state index < -0.39 is 43.1 Å². The summed E-state index contributed by atoms with van der Waals surface area (Å²) in [6.45, 7) is 0.137. The normalized spacial score (nSPS) is 19.8. The number of hydrogen-bond acceptors (Lipinski definition) is 6. The first-order valence-electron chi connectivity index (χ1n) is 8.08. The molecule has 28 heavy (non-hydrogen) atoms. The van der Waals surface area contributed by atoms with Gasteiger partial charge in [0.1, 0.15) is 0 Å². The molecule has 2 aromatic carbocycles. The van der Waals surface area contributed by atoms with Crippen LogP contribution in [0.1, 0.15) is 11.5 Å². The molecule has 3 rings (SSSR count). The van der Waals surface area contributed by atoms with E-state index in [-0.39, 0.29) is 31.4 Å². The van der Waals surface area contributed by atoms with Crippen LogP contribution in [0.15, 0.2) is 47.4 Å². The maximum Gasteiger partial charge on any atom is 0.315 e. The zero-order valence-corrected chi connectivity index (χ0v) is 16.5. The molecule has 0 aromatic heterocycles. The molecular weight excluding hydrogens is 413 g/mol. The van der Waals surface area contributed by atoms with Gasteiger partial charge in [-0.25, -0.2) is 12.8 Å². The van der Waals surface area contributed by atoms with E-state index in [4.69, 9.17) is 5.73 Å². The molecule has 8 nitrogen and oxygen atoms in total. The average Bonchev–Trinajstić information content (AvgIpc) is 3.04. The second kappa shape index (κ2) is 8.39. The number of ether oxygens (including phenoxy) is 1. The number of nitro groups is 1. The smallest absolute Gasteiger partial charge is 0.315 e. The molecule has 1 heterocycles. The van der Waals surface area contributed by atoms with Gasteiger partial charge < -0.3 is 10.5 Å². The quantitative estimate of drug-likeness (QED) is 0.573. The number of nitrogens with zero attached hydrogens (tertiary/aromatic N) is 2. The third kappa shape index (κ3) is 3.95. The first-order valence-corrected chi connectivity index (χ1v) is 9.52. The summed E-state index contributed by atoms with van der Waals surface area (Å²) in [6.07, 6.45) is 0. The van der Waals surface area contributed by atoms with Crippen molar-refractivity contribution in [2.24, 2.45) is 5.73 Å². The highest BCUT2D eigenvalue weighted by Crippen LogP contribution is 2.36. The standard InChI is InChI=1S/C17H18FN3O5S.ClH/c1-26-17-14(18)7-12(8-16(17)21(22)23)27(24,25)20-9-13(15(19)10-20)11-5-3-2-4-6-11;/h2-8,13,15H,9-10,19H2,1H3;1H/t13-,15+;/m0./s1. The highest BCUT2D eigenvalue weighted by atomic mass is 35.5. The van der Waals surface area contributed by atoms with Crippen molar-refractivity contribution in [1.82, 2.24) is 4.31 Å². The van der Waals surface area contributed by atoms with Crippen molar-refractivity contribution < 1.29 is 22.5 Å². The monoisotopic (exact) mass is 431 g/mol. The largest absolute Gasteiger partial charge is 0.488 e. The van der Waals surface area contributed by atoms with E-state index in [9.17, 15) is 22.9 Å². The molecule has 0 bridgehead atoms. The number of hydrogen-bond donors (Lipinski definition) is 1. The summed E-state index contributed by atoms with van der Waals surface area (Å²) in [4.78, 5) is 9.76. The molecular formula is C17H19ClFN3O5S. The molecule has 11 heteroatoms. The Kier molecular flexibility index (Phi) is 6.60. The van der Waals surface area contributed by atoms with Gasteiger partial charge in [-0.15, -0.1) is 12.4 Å². The first kappa shape index (κ1) is 22.0. The van der Waals surface area contributed by atoms with Crippen LogP contribution in [0.4, 0.5) is 10.1 Å². The van der Waals surface area contributed by atoms with Gasteiger partial charge in [0.25, 0.3) is 0 Å². The summed E-state index contributed by atoms with van der Waals surface area (Å²) in [5.41, 5.74) is 6.27. The Morgan fingerprint density at radius 1 is 1.25 bits per heavy atom. The minimum atomic E-state index is -4.16. The lowest BCUT2D eigenvalue weighted by Gasteiger charge is -2.17. The fourth-order valence-corrected chi connectivity index (χ4v) is 4.77. The number of nitrogens with two attached hydrogens (primary N) is 1. The molecule has 0 radical (unpaired) electrons. The van der Waals surface area contributed by atoms with Gasteiger partial charge in [0.15, 0.2) is 5.82 Å². The Balaban J connectivity index is 0.00000280. The maximum atomic E-state index is 14.2. The Hall–Kier alpha value is -2.27. The van der Waals surface area contributed by atoms with Gasteiger partial charge in [0.05, 0.1) is 16.9 Å². The molecule has 0 saturated carbocycles. The molecule has 0 aliphatic carbocycles. The van der Waals surface area contributed by atoms with Crippen molar-refractivity contribution in [3.63, 3.8) is 0 Å². The van der Waals surface area contributed by atoms with E-state index in [0.717, 1.165) is 29.1 Å². The second-order valence-corrected chi connectivity index (χ2v) is 8.16. The van der Waals surface area contributed by atoms with Gasteiger partial charge in [-0.05, 0) is 11.6 Å². The molecule has 2 atom stereocenters. The topological polar surface area (TPSA) is 116 Å². The molecule has 0 spiro atoms. The van der Waals surface area contributed by atoms with Crippen LogP contribution in [0, 0.1) is 15.9 Å². The van der Waals surface area contributed by atoms with E-state index in [1.54, 1.807) is 0 Å². The maximum absolute atomic E-state index is 14.2. The molecule has 2 N–H and O–H groups in total. The number of nitro benzene ring substituents is 1. The minimum absolute atomic E-state index is 0. The van der Waals surface area contributed by atoms with Crippen LogP contribution in [0.5, 0.6) is 5.75 Å². The van der Waals surface area contributed by atoms with Crippen LogP contribution in [-0.4, -0.2) is 43.9 Å². The summed E-state index contributed by atoms with van der Waals surface area (Å²) in [5, 5.41) is 11.2. The van der Waals surface area contributed by atoms with Crippen molar-refractivity contribution in [1.29, 1.82) is 0 Å². The van der Waals surface area contributed by atoms with Crippen LogP contribution < -0.4 is 10.5 Å². The summed E-state index contributed by atoms with van der Waals surface area (Å²) in [5.74, 6) is -1.95. The molecule has 1 aliphatic heterocycles. The molecule has 2 aromatic rings. The third-order valence-corrected chi connectivity index (χ3v) is 6.40. The fraction of sp³-hybridized carbons (Fsp3) is 0.294. The van der Waals surface area contributed by atoms with E-state index in [2.05, 4.69) is 4.74 Å². The molecule has 152 valence electrons. The molecule has 1 aliphatic rings. The number of halogens is 2. The van der Waals surface area contributed by atoms with Crippen LogP contribution in [0.2, 0.25) is 0 Å². The molecule has 1 fully saturated rings. The Morgan fingerprint density at radius 3 is 2.46 bits per heavy atom. The number of rotatable bonds is 5. The van der Waals surface area contributed by atoms with Crippen LogP contribution in [0.3, 0.4) is 0 Å². The van der Waals surface area contributed by atoms with E-state index in [0.29, 0.717) is 0 Å². The second-order valence-electron chi connectivity index (χ2n) is 6.22. The third-order valence-electron chi connectivity index (χ3n) is 4.60. The Bertz CT molecular complexity index is 974. The Morgan fingerprint density at radius 2 is 1.89 bits per heavy atom. The van der Waals surface area contributed by atoms with Crippen LogP contribution >= 0.6 is 12.4 Å². The number of sulfonamides is 1. The van der Waals surface area contributed by atoms with Gasteiger partial charge in [-0.2, -0.15) is 4.31 Å². The average molecular weight is 432 g/mol. The fourth-order valence-electron chi connectivity index (χ4n) is 3.23. The lowest BCUT2D eigenvalue weighted by atomic mass is 9.95. The summed E-state index contributed by atoms with van der Waals surface area (Å²) in [6, 6.07) is 10.3. The van der Waals surface area contributed by atoms with E-state index in [1.807, 2.05) is 30.3 Å². The zero-order chi connectivity index (χ0) is 19.8. The predicted molar refractivity (Wildman–Crippen MR) is 103 cm³/mol. The lowest BCUT2D eigenvalue weighted by molar-refractivity contribution is -0.386. The van der Waals surface area contributed by atoms with Gasteiger partial charge in [-0.1, -0.05) is 30.3 Å². The van der Waals surface area contributed by atoms with E-state index >= 15 is 0 Å². The summed E-state index contributed by atoms with van der Waals surface area (Å²) in [7, 11) is -3.09. The van der Waals surface area contributed by atoms with Crippen LogP contribution in [-0.2, 0) is 10.0 Å². The van der Waals surface area contributed by atoms with Crippen molar-refractivity contribution in [3.05, 3.63) is 64.0 Å². The number of methoxy groups -OCH3 is 1. The highest BCUT2D eigenvalue weighted by Gasteiger charge is 2.39. The highest BCUT2D eigenvalue weighted by molar-refractivity contribution is 7.89. The summed E-state index contributed by atoms with van der Waals surface area (Å²) < 4.78 is 45.8. The van der Waals surface area contributed by atoms with Crippen molar-refractivity contribution >= 4 is 28.1 Å². The number of benzene rings is 2. The van der Waals surface area contributed by atoms with Gasteiger partial charge >= 0.3 is 5.69 Å². The molecule has 0 unspecified atom stereocenters. The first-order chi connectivity index (χ1) is 12.8. The van der Waals surface area contributed by atoms with Crippen molar-refractivity contribution in [2.45, 2.75) is 16.9 Å². The van der Waals surface area contributed by atoms with Crippen molar-refractivity contribution in [2.75, 3.05) is 20.2 Å². The minimum Gasteiger partial charge on any atom is -0.488 e. The Labute approximate surface area is 167 Å². The van der Waals surface area contributed by atoms with Gasteiger partial charge in [0, 0.05) is 31.1 Å². The molecule has 0 amide bonds. The van der Waals surface area contributed by atoms with Gasteiger partial charge in [-0.3, -0.25) is 10.1 Å². The molecule has 1 saturated heterocycles. The van der Waals surface area contributed by atoms with Crippen molar-refractivity contribution in [3.8, 4) is 5.75 Å². The predicted octanol–water partition coefficient (Wildman–Crippen LogP) is 2.28. The lowest BCUT2D eigenvalue weighted by Crippen LogP contribution is -2.32. The summed E-state index contributed by atoms with van der Waals surface area (Å²) >= 11 is 0. The van der Waals surface area contributed by atoms with Crippen LogP contribution in [0.25, 0.3) is 0 Å².